The second kappa shape index (κ2) is 5.26. The van der Waals surface area contributed by atoms with Gasteiger partial charge < -0.3 is 9.73 Å². The van der Waals surface area contributed by atoms with Crippen LogP contribution < -0.4 is 10.5 Å². The van der Waals surface area contributed by atoms with E-state index in [-0.39, 0.29) is 15.3 Å². The summed E-state index contributed by atoms with van der Waals surface area (Å²) < 4.78 is 27.4. The van der Waals surface area contributed by atoms with Crippen LogP contribution in [0.5, 0.6) is 0 Å². The predicted molar refractivity (Wildman–Crippen MR) is 72.0 cm³/mol. The Labute approximate surface area is 119 Å². The topological polar surface area (TPSA) is 102 Å². The highest BCUT2D eigenvalue weighted by molar-refractivity contribution is 9.10. The zero-order chi connectivity index (χ0) is 14.2. The van der Waals surface area contributed by atoms with E-state index in [9.17, 15) is 13.2 Å². The zero-order valence-corrected chi connectivity index (χ0v) is 12.8. The molecule has 2 rings (SSSR count). The molecule has 1 aromatic rings. The molecule has 1 aliphatic carbocycles. The molecule has 0 aromatic carbocycles. The van der Waals surface area contributed by atoms with Gasteiger partial charge in [-0.1, -0.05) is 6.92 Å². The zero-order valence-electron chi connectivity index (χ0n) is 10.3. The summed E-state index contributed by atoms with van der Waals surface area (Å²) in [5.74, 6) is 0.589. The third kappa shape index (κ3) is 3.58. The fraction of sp³-hybridized carbons (Fsp3) is 0.545. The molecular formula is C11H15BrN2O4S. The molecule has 106 valence electrons. The summed E-state index contributed by atoms with van der Waals surface area (Å²) in [6, 6.07) is 1.12. The van der Waals surface area contributed by atoms with E-state index in [1.165, 1.54) is 12.8 Å². The minimum absolute atomic E-state index is 0.0598. The SMILES string of the molecule is CC(CNC(=O)c1cc(S(N)(=O)=O)c(Br)o1)C1CC1. The van der Waals surface area contributed by atoms with E-state index < -0.39 is 15.9 Å². The Morgan fingerprint density at radius 3 is 2.74 bits per heavy atom. The molecule has 1 aliphatic rings. The molecule has 0 saturated heterocycles. The Morgan fingerprint density at radius 1 is 1.63 bits per heavy atom. The second-order valence-electron chi connectivity index (χ2n) is 4.82. The molecule has 0 spiro atoms. The van der Waals surface area contributed by atoms with Gasteiger partial charge in [0, 0.05) is 12.6 Å². The highest BCUT2D eigenvalue weighted by atomic mass is 79.9. The molecule has 0 radical (unpaired) electrons. The van der Waals surface area contributed by atoms with E-state index in [4.69, 9.17) is 9.56 Å². The summed E-state index contributed by atoms with van der Waals surface area (Å²) in [4.78, 5) is 11.6. The molecule has 0 aliphatic heterocycles. The van der Waals surface area contributed by atoms with Crippen molar-refractivity contribution in [2.45, 2.75) is 24.7 Å². The van der Waals surface area contributed by atoms with Crippen molar-refractivity contribution in [1.82, 2.24) is 5.32 Å². The van der Waals surface area contributed by atoms with Gasteiger partial charge in [-0.25, -0.2) is 13.6 Å². The van der Waals surface area contributed by atoms with Crippen LogP contribution >= 0.6 is 15.9 Å². The van der Waals surface area contributed by atoms with E-state index in [1.807, 2.05) is 0 Å². The van der Waals surface area contributed by atoms with Gasteiger partial charge in [-0.05, 0) is 40.6 Å². The van der Waals surface area contributed by atoms with E-state index in [2.05, 4.69) is 28.2 Å². The minimum Gasteiger partial charge on any atom is -0.443 e. The van der Waals surface area contributed by atoms with Gasteiger partial charge in [0.1, 0.15) is 4.90 Å². The Bertz CT molecular complexity index is 592. The normalized spacial score (nSPS) is 17.2. The summed E-state index contributed by atoms with van der Waals surface area (Å²) in [6.07, 6.45) is 2.41. The molecule has 6 nitrogen and oxygen atoms in total. The maximum Gasteiger partial charge on any atom is 0.287 e. The summed E-state index contributed by atoms with van der Waals surface area (Å²) >= 11 is 2.93. The van der Waals surface area contributed by atoms with Crippen LogP contribution in [-0.4, -0.2) is 20.9 Å². The molecule has 1 amide bonds. The van der Waals surface area contributed by atoms with Crippen LogP contribution in [0.1, 0.15) is 30.3 Å². The average molecular weight is 351 g/mol. The van der Waals surface area contributed by atoms with Crippen molar-refractivity contribution in [3.63, 3.8) is 0 Å². The lowest BCUT2D eigenvalue weighted by Crippen LogP contribution is -2.28. The molecule has 1 heterocycles. The van der Waals surface area contributed by atoms with Crippen LogP contribution in [0.3, 0.4) is 0 Å². The van der Waals surface area contributed by atoms with Gasteiger partial charge in [0.15, 0.2) is 10.4 Å². The number of sulfonamides is 1. The quantitative estimate of drug-likeness (QED) is 0.838. The van der Waals surface area contributed by atoms with Crippen LogP contribution in [0.4, 0.5) is 0 Å². The first-order valence-corrected chi connectivity index (χ1v) is 8.23. The number of hydrogen-bond acceptors (Lipinski definition) is 4. The van der Waals surface area contributed by atoms with Crippen molar-refractivity contribution in [2.24, 2.45) is 17.0 Å². The fourth-order valence-corrected chi connectivity index (χ4v) is 3.33. The first-order chi connectivity index (χ1) is 8.79. The highest BCUT2D eigenvalue weighted by Gasteiger charge is 2.28. The molecule has 0 bridgehead atoms. The number of rotatable bonds is 5. The maximum atomic E-state index is 11.8. The highest BCUT2D eigenvalue weighted by Crippen LogP contribution is 2.36. The van der Waals surface area contributed by atoms with Gasteiger partial charge in [0.25, 0.3) is 5.91 Å². The minimum atomic E-state index is -3.90. The Kier molecular flexibility index (Phi) is 4.03. The molecule has 8 heteroatoms. The monoisotopic (exact) mass is 350 g/mol. The van der Waals surface area contributed by atoms with Crippen LogP contribution in [-0.2, 0) is 10.0 Å². The number of hydrogen-bond donors (Lipinski definition) is 2. The molecule has 19 heavy (non-hydrogen) atoms. The molecule has 1 saturated carbocycles. The number of halogens is 1. The van der Waals surface area contributed by atoms with Crippen LogP contribution in [0, 0.1) is 11.8 Å². The molecule has 1 aromatic heterocycles. The fourth-order valence-electron chi connectivity index (χ4n) is 1.83. The van der Waals surface area contributed by atoms with Crippen molar-refractivity contribution < 1.29 is 17.6 Å². The average Bonchev–Trinajstić information content (AvgIpc) is 3.07. The largest absolute Gasteiger partial charge is 0.443 e. The van der Waals surface area contributed by atoms with Crippen LogP contribution in [0.25, 0.3) is 0 Å². The summed E-state index contributed by atoms with van der Waals surface area (Å²) in [5, 5.41) is 7.71. The Balaban J connectivity index is 2.03. The molecule has 1 unspecified atom stereocenters. The number of furan rings is 1. The van der Waals surface area contributed by atoms with Crippen molar-refractivity contribution >= 4 is 31.9 Å². The van der Waals surface area contributed by atoms with Crippen molar-refractivity contribution in [3.8, 4) is 0 Å². The summed E-state index contributed by atoms with van der Waals surface area (Å²) in [7, 11) is -3.90. The molecular weight excluding hydrogens is 336 g/mol. The number of amides is 1. The first kappa shape index (κ1) is 14.5. The summed E-state index contributed by atoms with van der Waals surface area (Å²) in [5.41, 5.74) is 0. The van der Waals surface area contributed by atoms with Crippen LogP contribution in [0.15, 0.2) is 20.0 Å². The van der Waals surface area contributed by atoms with E-state index >= 15 is 0 Å². The van der Waals surface area contributed by atoms with Crippen molar-refractivity contribution in [2.75, 3.05) is 6.54 Å². The van der Waals surface area contributed by atoms with E-state index in [1.54, 1.807) is 0 Å². The van der Waals surface area contributed by atoms with Gasteiger partial charge in [0.2, 0.25) is 10.0 Å². The predicted octanol–water partition coefficient (Wildman–Crippen LogP) is 1.47. The lowest BCUT2D eigenvalue weighted by molar-refractivity contribution is 0.0917. The van der Waals surface area contributed by atoms with Gasteiger partial charge in [-0.15, -0.1) is 0 Å². The van der Waals surface area contributed by atoms with Crippen molar-refractivity contribution in [1.29, 1.82) is 0 Å². The Morgan fingerprint density at radius 2 is 2.26 bits per heavy atom. The smallest absolute Gasteiger partial charge is 0.287 e. The number of carbonyl (C=O) groups is 1. The van der Waals surface area contributed by atoms with Crippen molar-refractivity contribution in [3.05, 3.63) is 16.5 Å². The number of primary sulfonamides is 1. The lowest BCUT2D eigenvalue weighted by Gasteiger charge is -2.09. The first-order valence-electron chi connectivity index (χ1n) is 5.89. The third-order valence-corrected chi connectivity index (χ3v) is 4.96. The van der Waals surface area contributed by atoms with Gasteiger partial charge in [0.05, 0.1) is 0 Å². The third-order valence-electron chi connectivity index (χ3n) is 3.20. The number of nitrogens with one attached hydrogen (secondary N) is 1. The molecule has 3 N–H and O–H groups in total. The lowest BCUT2D eigenvalue weighted by atomic mass is 10.1. The second-order valence-corrected chi connectivity index (χ2v) is 7.07. The van der Waals surface area contributed by atoms with E-state index in [0.29, 0.717) is 18.4 Å². The standard InChI is InChI=1S/C11H15BrN2O4S/c1-6(7-2-3-7)5-14-11(15)8-4-9(10(12)18-8)19(13,16)17/h4,6-7H,2-3,5H2,1H3,(H,14,15)(H2,13,16,17). The van der Waals surface area contributed by atoms with Gasteiger partial charge >= 0.3 is 0 Å². The number of nitrogens with two attached hydrogens (primary N) is 1. The van der Waals surface area contributed by atoms with E-state index in [0.717, 1.165) is 6.07 Å². The Hall–Kier alpha value is -0.860. The van der Waals surface area contributed by atoms with Gasteiger partial charge in [-0.2, -0.15) is 0 Å². The summed E-state index contributed by atoms with van der Waals surface area (Å²) in [6.45, 7) is 2.62. The number of carbonyl (C=O) groups excluding carboxylic acids is 1. The maximum absolute atomic E-state index is 11.8. The molecule has 1 atom stereocenters. The van der Waals surface area contributed by atoms with Gasteiger partial charge in [-0.3, -0.25) is 4.79 Å². The molecule has 1 fully saturated rings. The van der Waals surface area contributed by atoms with Crippen LogP contribution in [0.2, 0.25) is 0 Å².